The third-order valence-electron chi connectivity index (χ3n) is 2.34. The highest BCUT2D eigenvalue weighted by Gasteiger charge is 2.05. The molecular weight excluding hydrogens is 228 g/mol. The van der Waals surface area contributed by atoms with E-state index in [1.54, 1.807) is 18.5 Å². The molecule has 2 aromatic heterocycles. The van der Waals surface area contributed by atoms with Crippen LogP contribution in [0.25, 0.3) is 0 Å². The van der Waals surface area contributed by atoms with Crippen LogP contribution < -0.4 is 5.32 Å². The van der Waals surface area contributed by atoms with Crippen LogP contribution in [0.4, 0.5) is 0 Å². The Morgan fingerprint density at radius 3 is 2.67 bits per heavy atom. The summed E-state index contributed by atoms with van der Waals surface area (Å²) >= 11 is 0. The highest BCUT2D eigenvalue weighted by atomic mass is 16.1. The smallest absolute Gasteiger partial charge is 0.253 e. The van der Waals surface area contributed by atoms with Crippen LogP contribution in [0, 0.1) is 11.3 Å². The summed E-state index contributed by atoms with van der Waals surface area (Å²) in [6.07, 6.45) is 4.73. The lowest BCUT2D eigenvalue weighted by Crippen LogP contribution is -2.22. The summed E-state index contributed by atoms with van der Waals surface area (Å²) in [5.74, 6) is -0.219. The third kappa shape index (κ3) is 2.89. The number of hydrogen-bond acceptors (Lipinski definition) is 4. The molecule has 88 valence electrons. The Labute approximate surface area is 104 Å². The van der Waals surface area contributed by atoms with E-state index in [0.29, 0.717) is 17.8 Å². The molecule has 0 aliphatic carbocycles. The van der Waals surface area contributed by atoms with Crippen LogP contribution in [0.15, 0.2) is 42.9 Å². The number of pyridine rings is 2. The molecule has 0 fully saturated rings. The minimum absolute atomic E-state index is 0.219. The van der Waals surface area contributed by atoms with E-state index in [1.807, 2.05) is 18.2 Å². The van der Waals surface area contributed by atoms with Gasteiger partial charge >= 0.3 is 0 Å². The van der Waals surface area contributed by atoms with Gasteiger partial charge in [-0.25, -0.2) is 4.98 Å². The first-order chi connectivity index (χ1) is 8.79. The van der Waals surface area contributed by atoms with Crippen LogP contribution in [-0.4, -0.2) is 15.9 Å². The number of carbonyl (C=O) groups excluding carboxylic acids is 1. The predicted molar refractivity (Wildman–Crippen MR) is 64.4 cm³/mol. The quantitative estimate of drug-likeness (QED) is 0.873. The molecule has 0 unspecified atom stereocenters. The van der Waals surface area contributed by atoms with E-state index in [-0.39, 0.29) is 5.91 Å². The molecule has 0 bridgehead atoms. The second-order valence-electron chi connectivity index (χ2n) is 3.58. The number of amides is 1. The van der Waals surface area contributed by atoms with Gasteiger partial charge in [0.15, 0.2) is 0 Å². The van der Waals surface area contributed by atoms with Crippen LogP contribution >= 0.6 is 0 Å². The number of aromatic nitrogens is 2. The zero-order valence-electron chi connectivity index (χ0n) is 9.50. The SMILES string of the molecule is N#Cc1ccc(C(=O)NCc2ccncc2)cn1. The van der Waals surface area contributed by atoms with Gasteiger partial charge in [-0.1, -0.05) is 0 Å². The molecule has 0 aliphatic rings. The third-order valence-corrected chi connectivity index (χ3v) is 2.34. The first kappa shape index (κ1) is 11.7. The van der Waals surface area contributed by atoms with Gasteiger partial charge in [-0.2, -0.15) is 5.26 Å². The van der Waals surface area contributed by atoms with Crippen molar-refractivity contribution in [2.45, 2.75) is 6.54 Å². The fraction of sp³-hybridized carbons (Fsp3) is 0.0769. The minimum Gasteiger partial charge on any atom is -0.348 e. The van der Waals surface area contributed by atoms with E-state index >= 15 is 0 Å². The van der Waals surface area contributed by atoms with Crippen molar-refractivity contribution in [3.8, 4) is 6.07 Å². The monoisotopic (exact) mass is 238 g/mol. The Morgan fingerprint density at radius 2 is 2.06 bits per heavy atom. The molecule has 18 heavy (non-hydrogen) atoms. The van der Waals surface area contributed by atoms with Crippen molar-refractivity contribution in [2.24, 2.45) is 0 Å². The summed E-state index contributed by atoms with van der Waals surface area (Å²) in [6.45, 7) is 0.432. The molecule has 0 aromatic carbocycles. The number of hydrogen-bond donors (Lipinski definition) is 1. The van der Waals surface area contributed by atoms with E-state index in [4.69, 9.17) is 5.26 Å². The Hall–Kier alpha value is -2.74. The highest BCUT2D eigenvalue weighted by Crippen LogP contribution is 2.01. The van der Waals surface area contributed by atoms with Crippen LogP contribution in [0.3, 0.4) is 0 Å². The largest absolute Gasteiger partial charge is 0.348 e. The molecule has 2 aromatic rings. The minimum atomic E-state index is -0.219. The fourth-order valence-electron chi connectivity index (χ4n) is 1.38. The average molecular weight is 238 g/mol. The molecule has 5 nitrogen and oxygen atoms in total. The molecule has 0 atom stereocenters. The molecule has 0 aliphatic heterocycles. The van der Waals surface area contributed by atoms with E-state index in [9.17, 15) is 4.79 Å². The van der Waals surface area contributed by atoms with Crippen molar-refractivity contribution in [1.82, 2.24) is 15.3 Å². The Kier molecular flexibility index (Phi) is 3.62. The van der Waals surface area contributed by atoms with Gasteiger partial charge in [0, 0.05) is 25.1 Å². The van der Waals surface area contributed by atoms with Crippen molar-refractivity contribution in [1.29, 1.82) is 5.26 Å². The van der Waals surface area contributed by atoms with E-state index in [1.165, 1.54) is 12.3 Å². The van der Waals surface area contributed by atoms with Gasteiger partial charge in [-0.3, -0.25) is 9.78 Å². The summed E-state index contributed by atoms with van der Waals surface area (Å²) in [5.41, 5.74) is 1.70. The van der Waals surface area contributed by atoms with E-state index < -0.39 is 0 Å². The standard InChI is InChI=1S/C13H10N4O/c14-7-12-2-1-11(9-16-12)13(18)17-8-10-3-5-15-6-4-10/h1-6,9H,8H2,(H,17,18). The zero-order valence-corrected chi connectivity index (χ0v) is 9.50. The Bertz CT molecular complexity index is 572. The fourth-order valence-corrected chi connectivity index (χ4v) is 1.38. The number of nitrogens with zero attached hydrogens (tertiary/aromatic N) is 3. The van der Waals surface area contributed by atoms with Crippen LogP contribution in [0.2, 0.25) is 0 Å². The molecule has 0 radical (unpaired) electrons. The maximum atomic E-state index is 11.8. The maximum Gasteiger partial charge on any atom is 0.253 e. The second-order valence-corrected chi connectivity index (χ2v) is 3.58. The molecule has 0 spiro atoms. The van der Waals surface area contributed by atoms with Crippen LogP contribution in [0.5, 0.6) is 0 Å². The molecule has 1 amide bonds. The van der Waals surface area contributed by atoms with Gasteiger partial charge in [0.2, 0.25) is 0 Å². The summed E-state index contributed by atoms with van der Waals surface area (Å²) in [7, 11) is 0. The lowest BCUT2D eigenvalue weighted by atomic mass is 10.2. The molecular formula is C13H10N4O. The number of carbonyl (C=O) groups is 1. The first-order valence-electron chi connectivity index (χ1n) is 5.33. The number of nitriles is 1. The lowest BCUT2D eigenvalue weighted by Gasteiger charge is -2.04. The van der Waals surface area contributed by atoms with Crippen molar-refractivity contribution >= 4 is 5.91 Å². The molecule has 0 saturated carbocycles. The van der Waals surface area contributed by atoms with Crippen LogP contribution in [0.1, 0.15) is 21.6 Å². The molecule has 2 rings (SSSR count). The van der Waals surface area contributed by atoms with Crippen molar-refractivity contribution in [3.63, 3.8) is 0 Å². The maximum absolute atomic E-state index is 11.8. The predicted octanol–water partition coefficient (Wildman–Crippen LogP) is 1.28. The number of rotatable bonds is 3. The summed E-state index contributed by atoms with van der Waals surface area (Å²) in [6, 6.07) is 8.65. The number of nitrogens with one attached hydrogen (secondary N) is 1. The molecule has 2 heterocycles. The zero-order chi connectivity index (χ0) is 12.8. The van der Waals surface area contributed by atoms with E-state index in [2.05, 4.69) is 15.3 Å². The first-order valence-corrected chi connectivity index (χ1v) is 5.33. The average Bonchev–Trinajstić information content (AvgIpc) is 2.46. The van der Waals surface area contributed by atoms with Gasteiger partial charge in [0.05, 0.1) is 5.56 Å². The van der Waals surface area contributed by atoms with Crippen molar-refractivity contribution in [2.75, 3.05) is 0 Å². The van der Waals surface area contributed by atoms with Gasteiger partial charge < -0.3 is 5.32 Å². The summed E-state index contributed by atoms with van der Waals surface area (Å²) < 4.78 is 0. The van der Waals surface area contributed by atoms with Crippen molar-refractivity contribution < 1.29 is 4.79 Å². The highest BCUT2D eigenvalue weighted by molar-refractivity contribution is 5.93. The van der Waals surface area contributed by atoms with Gasteiger partial charge in [0.25, 0.3) is 5.91 Å². The van der Waals surface area contributed by atoms with Gasteiger partial charge in [-0.05, 0) is 29.8 Å². The summed E-state index contributed by atoms with van der Waals surface area (Å²) in [5, 5.41) is 11.4. The van der Waals surface area contributed by atoms with Crippen molar-refractivity contribution in [3.05, 3.63) is 59.7 Å². The summed E-state index contributed by atoms with van der Waals surface area (Å²) in [4.78, 5) is 19.5. The Morgan fingerprint density at radius 1 is 1.28 bits per heavy atom. The van der Waals surface area contributed by atoms with Gasteiger partial charge in [-0.15, -0.1) is 0 Å². The Balaban J connectivity index is 1.98. The van der Waals surface area contributed by atoms with Crippen LogP contribution in [-0.2, 0) is 6.54 Å². The second kappa shape index (κ2) is 5.55. The molecule has 5 heteroatoms. The van der Waals surface area contributed by atoms with Gasteiger partial charge in [0.1, 0.15) is 11.8 Å². The van der Waals surface area contributed by atoms with E-state index in [0.717, 1.165) is 5.56 Å². The lowest BCUT2D eigenvalue weighted by molar-refractivity contribution is 0.0950. The molecule has 1 N–H and O–H groups in total. The molecule has 0 saturated heterocycles. The normalized spacial score (nSPS) is 9.50. The topological polar surface area (TPSA) is 78.7 Å².